The molecular formula is C12H16BN3O3. The summed E-state index contributed by atoms with van der Waals surface area (Å²) in [4.78, 5) is 7.40. The molecule has 2 aromatic rings. The molecule has 0 spiro atoms. The Morgan fingerprint density at radius 2 is 1.89 bits per heavy atom. The number of nitrogens with zero attached hydrogens (tertiary/aromatic N) is 2. The average molecular weight is 261 g/mol. The van der Waals surface area contributed by atoms with Crippen molar-refractivity contribution in [3.8, 4) is 5.75 Å². The van der Waals surface area contributed by atoms with Gasteiger partial charge in [-0.05, 0) is 30.2 Å². The van der Waals surface area contributed by atoms with Crippen molar-refractivity contribution in [2.24, 2.45) is 0 Å². The van der Waals surface area contributed by atoms with Crippen molar-refractivity contribution in [3.05, 3.63) is 42.4 Å². The van der Waals surface area contributed by atoms with Gasteiger partial charge in [0, 0.05) is 24.1 Å². The van der Waals surface area contributed by atoms with Crippen LogP contribution in [-0.4, -0.2) is 32.2 Å². The zero-order valence-corrected chi connectivity index (χ0v) is 10.6. The lowest BCUT2D eigenvalue weighted by Gasteiger charge is -2.00. The maximum Gasteiger partial charge on any atom is 0.490 e. The molecule has 0 fully saturated rings. The predicted molar refractivity (Wildman–Crippen MR) is 73.8 cm³/mol. The third-order valence-corrected chi connectivity index (χ3v) is 2.37. The van der Waals surface area contributed by atoms with Gasteiger partial charge in [-0.1, -0.05) is 6.92 Å². The van der Waals surface area contributed by atoms with Crippen LogP contribution in [0.2, 0.25) is 0 Å². The Morgan fingerprint density at radius 3 is 2.32 bits per heavy atom. The van der Waals surface area contributed by atoms with Crippen molar-refractivity contribution in [1.29, 1.82) is 0 Å². The van der Waals surface area contributed by atoms with Crippen LogP contribution in [0, 0.1) is 0 Å². The van der Waals surface area contributed by atoms with Gasteiger partial charge >= 0.3 is 7.12 Å². The zero-order chi connectivity index (χ0) is 14.3. The minimum Gasteiger partial charge on any atom is -0.504 e. The quantitative estimate of drug-likeness (QED) is 0.552. The summed E-state index contributed by atoms with van der Waals surface area (Å²) in [5.74, 6) is -0.287. The highest BCUT2D eigenvalue weighted by atomic mass is 16.4. The summed E-state index contributed by atoms with van der Waals surface area (Å²) in [6.07, 6.45) is 5.92. The van der Waals surface area contributed by atoms with Crippen molar-refractivity contribution in [2.45, 2.75) is 13.3 Å². The van der Waals surface area contributed by atoms with E-state index >= 15 is 0 Å². The van der Waals surface area contributed by atoms with Crippen LogP contribution >= 0.6 is 0 Å². The fourth-order valence-electron chi connectivity index (χ4n) is 1.24. The van der Waals surface area contributed by atoms with Crippen molar-refractivity contribution in [1.82, 2.24) is 9.97 Å². The van der Waals surface area contributed by atoms with E-state index < -0.39 is 7.12 Å². The second kappa shape index (κ2) is 7.35. The molecule has 0 bridgehead atoms. The zero-order valence-electron chi connectivity index (χ0n) is 10.6. The number of nitrogen functional groups attached to an aromatic ring is 1. The Hall–Kier alpha value is -2.12. The molecule has 100 valence electrons. The van der Waals surface area contributed by atoms with E-state index in [0.29, 0.717) is 0 Å². The van der Waals surface area contributed by atoms with Gasteiger partial charge in [-0.25, -0.2) is 4.98 Å². The first-order chi connectivity index (χ1) is 9.04. The second-order valence-electron chi connectivity index (χ2n) is 3.76. The summed E-state index contributed by atoms with van der Waals surface area (Å²) in [5.41, 5.74) is 6.62. The van der Waals surface area contributed by atoms with Gasteiger partial charge in [0.05, 0.1) is 0 Å². The lowest BCUT2D eigenvalue weighted by atomic mass is 9.81. The monoisotopic (exact) mass is 261 g/mol. The van der Waals surface area contributed by atoms with Crippen molar-refractivity contribution >= 4 is 18.4 Å². The molecule has 0 aliphatic carbocycles. The highest BCUT2D eigenvalue weighted by Gasteiger charge is 2.12. The fraction of sp³-hybridized carbons (Fsp3) is 0.167. The van der Waals surface area contributed by atoms with Crippen LogP contribution in [0.1, 0.15) is 12.5 Å². The molecule has 0 atom stereocenters. The molecule has 2 aromatic heterocycles. The Labute approximate surface area is 111 Å². The van der Waals surface area contributed by atoms with Crippen molar-refractivity contribution < 1.29 is 15.2 Å². The maximum atomic E-state index is 8.94. The van der Waals surface area contributed by atoms with E-state index in [2.05, 4.69) is 16.9 Å². The summed E-state index contributed by atoms with van der Waals surface area (Å²) in [7, 11) is -1.63. The summed E-state index contributed by atoms with van der Waals surface area (Å²) in [6, 6.07) is 5.20. The first-order valence-corrected chi connectivity index (χ1v) is 5.74. The Bertz CT molecular complexity index is 509. The van der Waals surface area contributed by atoms with Gasteiger partial charge in [0.15, 0.2) is 11.6 Å². The smallest absolute Gasteiger partial charge is 0.490 e. The van der Waals surface area contributed by atoms with Crippen LogP contribution in [0.4, 0.5) is 5.82 Å². The molecule has 0 radical (unpaired) electrons. The van der Waals surface area contributed by atoms with Gasteiger partial charge in [-0.3, -0.25) is 4.98 Å². The molecule has 0 saturated heterocycles. The van der Waals surface area contributed by atoms with Gasteiger partial charge in [-0.15, -0.1) is 0 Å². The van der Waals surface area contributed by atoms with Crippen LogP contribution in [0.3, 0.4) is 0 Å². The van der Waals surface area contributed by atoms with Crippen LogP contribution in [0.25, 0.3) is 0 Å². The van der Waals surface area contributed by atoms with Gasteiger partial charge in [0.2, 0.25) is 0 Å². The van der Waals surface area contributed by atoms with Gasteiger partial charge in [-0.2, -0.15) is 0 Å². The fourth-order valence-corrected chi connectivity index (χ4v) is 1.24. The largest absolute Gasteiger partial charge is 0.504 e. The van der Waals surface area contributed by atoms with Crippen LogP contribution in [0.15, 0.2) is 36.8 Å². The molecule has 0 unspecified atom stereocenters. The average Bonchev–Trinajstić information content (AvgIpc) is 2.43. The molecule has 6 nitrogen and oxygen atoms in total. The molecule has 0 aromatic carbocycles. The molecular weight excluding hydrogens is 245 g/mol. The molecule has 2 heterocycles. The lowest BCUT2D eigenvalue weighted by Crippen LogP contribution is -2.30. The number of anilines is 1. The Kier molecular flexibility index (Phi) is 5.78. The summed E-state index contributed by atoms with van der Waals surface area (Å²) >= 11 is 0. The maximum absolute atomic E-state index is 8.94. The van der Waals surface area contributed by atoms with Crippen molar-refractivity contribution in [3.63, 3.8) is 0 Å². The number of aromatic hydroxyl groups is 1. The van der Waals surface area contributed by atoms with E-state index in [0.717, 1.165) is 12.5 Å². The molecule has 19 heavy (non-hydrogen) atoms. The highest BCUT2D eigenvalue weighted by molar-refractivity contribution is 6.58. The Balaban J connectivity index is 0.000000200. The third kappa shape index (κ3) is 4.95. The van der Waals surface area contributed by atoms with Crippen LogP contribution in [-0.2, 0) is 6.42 Å². The number of aryl methyl sites for hydroxylation is 1. The number of rotatable bonds is 2. The summed E-state index contributed by atoms with van der Waals surface area (Å²) in [5, 5.41) is 26.1. The van der Waals surface area contributed by atoms with E-state index in [1.54, 1.807) is 0 Å². The van der Waals surface area contributed by atoms with Crippen molar-refractivity contribution in [2.75, 3.05) is 5.73 Å². The van der Waals surface area contributed by atoms with Gasteiger partial charge in [0.1, 0.15) is 0 Å². The van der Waals surface area contributed by atoms with E-state index in [1.807, 2.05) is 24.5 Å². The molecule has 7 heteroatoms. The topological polar surface area (TPSA) is 112 Å². The number of hydrogen-bond donors (Lipinski definition) is 4. The van der Waals surface area contributed by atoms with E-state index in [4.69, 9.17) is 20.9 Å². The minimum absolute atomic E-state index is 0.0330. The first-order valence-electron chi connectivity index (χ1n) is 5.74. The SMILES string of the molecule is CCc1ccncc1.Nc1ncc(B(O)O)cc1O. The first kappa shape index (κ1) is 14.9. The van der Waals surface area contributed by atoms with Crippen LogP contribution in [0.5, 0.6) is 5.75 Å². The standard InChI is InChI=1S/C7H9N.C5H7BN2O3/c1-2-7-3-5-8-6-4-7;7-5-4(9)1-3(2-8-5)6(10)11/h3-6H,2H2,1H3;1-2,9-11H,(H2,7,8). The molecule has 5 N–H and O–H groups in total. The summed E-state index contributed by atoms with van der Waals surface area (Å²) in [6.45, 7) is 2.13. The third-order valence-electron chi connectivity index (χ3n) is 2.37. The van der Waals surface area contributed by atoms with E-state index in [-0.39, 0.29) is 17.0 Å². The molecule has 0 aliphatic rings. The number of nitrogens with two attached hydrogens (primary N) is 1. The van der Waals surface area contributed by atoms with Crippen LogP contribution < -0.4 is 11.2 Å². The minimum atomic E-state index is -1.63. The van der Waals surface area contributed by atoms with Gasteiger partial charge < -0.3 is 20.9 Å². The van der Waals surface area contributed by atoms with E-state index in [9.17, 15) is 0 Å². The van der Waals surface area contributed by atoms with E-state index in [1.165, 1.54) is 11.8 Å². The summed E-state index contributed by atoms with van der Waals surface area (Å²) < 4.78 is 0. The molecule has 0 aliphatic heterocycles. The molecule has 0 saturated carbocycles. The highest BCUT2D eigenvalue weighted by Crippen LogP contribution is 2.12. The molecule has 0 amide bonds. The molecule has 2 rings (SSSR count). The number of aromatic nitrogens is 2. The predicted octanol–water partition coefficient (Wildman–Crippen LogP) is -0.307. The second-order valence-corrected chi connectivity index (χ2v) is 3.76. The lowest BCUT2D eigenvalue weighted by molar-refractivity contribution is 0.424. The normalized spacial score (nSPS) is 9.42. The number of hydrogen-bond acceptors (Lipinski definition) is 6. The Morgan fingerprint density at radius 1 is 1.26 bits per heavy atom. The van der Waals surface area contributed by atoms with Gasteiger partial charge in [0.25, 0.3) is 0 Å². The number of pyridine rings is 2.